The maximum atomic E-state index is 12.5. The van der Waals surface area contributed by atoms with E-state index in [1.54, 1.807) is 11.0 Å². The molecule has 3 rings (SSSR count). The summed E-state index contributed by atoms with van der Waals surface area (Å²) in [6, 6.07) is 5.52. The van der Waals surface area contributed by atoms with E-state index >= 15 is 0 Å². The average molecular weight is 317 g/mol. The van der Waals surface area contributed by atoms with Crippen molar-refractivity contribution in [1.29, 1.82) is 0 Å². The van der Waals surface area contributed by atoms with E-state index in [9.17, 15) is 9.59 Å². The number of hydrogen-bond donors (Lipinski definition) is 2. The predicted octanol–water partition coefficient (Wildman–Crippen LogP) is 2.25. The number of hydrogen-bond acceptors (Lipinski definition) is 4. The van der Waals surface area contributed by atoms with Crippen LogP contribution in [0.1, 0.15) is 26.3 Å². The molecule has 2 atom stereocenters. The molecular weight excluding hydrogens is 294 g/mol. The van der Waals surface area contributed by atoms with Crippen LogP contribution in [0, 0.1) is 11.8 Å². The standard InChI is InChI=1S/C17H23N3O3/c1-17(2,3)23-16(22)20-8-11-6-10-7-12(18)4-5-14(10)19-15(21)13(11)9-20/h4-5,7,11,13H,6,8-9,18H2,1-3H3,(H,19,21). The second-order valence-corrected chi connectivity index (χ2v) is 7.36. The van der Waals surface area contributed by atoms with Gasteiger partial charge in [-0.25, -0.2) is 4.79 Å². The van der Waals surface area contributed by atoms with Gasteiger partial charge in [-0.2, -0.15) is 0 Å². The van der Waals surface area contributed by atoms with Crippen LogP contribution < -0.4 is 11.1 Å². The van der Waals surface area contributed by atoms with Crippen LogP contribution in [0.25, 0.3) is 0 Å². The minimum absolute atomic E-state index is 0.0374. The van der Waals surface area contributed by atoms with E-state index in [1.165, 1.54) is 0 Å². The summed E-state index contributed by atoms with van der Waals surface area (Å²) >= 11 is 0. The summed E-state index contributed by atoms with van der Waals surface area (Å²) in [5, 5.41) is 2.96. The number of likely N-dealkylation sites (tertiary alicyclic amines) is 1. The Kier molecular flexibility index (Phi) is 3.70. The average Bonchev–Trinajstić information content (AvgIpc) is 2.79. The van der Waals surface area contributed by atoms with Crippen LogP contribution in [0.4, 0.5) is 16.2 Å². The quantitative estimate of drug-likeness (QED) is 0.719. The molecule has 124 valence electrons. The van der Waals surface area contributed by atoms with Crippen LogP contribution in [-0.4, -0.2) is 35.6 Å². The Balaban J connectivity index is 1.79. The van der Waals surface area contributed by atoms with Gasteiger partial charge in [0, 0.05) is 24.5 Å². The van der Waals surface area contributed by atoms with Gasteiger partial charge in [0.2, 0.25) is 5.91 Å². The fourth-order valence-corrected chi connectivity index (χ4v) is 3.26. The van der Waals surface area contributed by atoms with Gasteiger partial charge >= 0.3 is 6.09 Å². The summed E-state index contributed by atoms with van der Waals surface area (Å²) in [7, 11) is 0. The molecule has 6 nitrogen and oxygen atoms in total. The van der Waals surface area contributed by atoms with Gasteiger partial charge < -0.3 is 20.7 Å². The fraction of sp³-hybridized carbons (Fsp3) is 0.529. The number of carbonyl (C=O) groups is 2. The molecule has 6 heteroatoms. The number of fused-ring (bicyclic) bond motifs is 2. The molecule has 1 aromatic carbocycles. The second-order valence-electron chi connectivity index (χ2n) is 7.36. The first-order chi connectivity index (χ1) is 10.7. The second kappa shape index (κ2) is 5.44. The molecule has 0 aromatic heterocycles. The molecule has 3 N–H and O–H groups in total. The molecule has 23 heavy (non-hydrogen) atoms. The van der Waals surface area contributed by atoms with Crippen molar-refractivity contribution >= 4 is 23.4 Å². The van der Waals surface area contributed by atoms with Gasteiger partial charge in [0.05, 0.1) is 5.92 Å². The molecule has 2 amide bonds. The Morgan fingerprint density at radius 1 is 1.35 bits per heavy atom. The first-order valence-corrected chi connectivity index (χ1v) is 7.90. The minimum Gasteiger partial charge on any atom is -0.444 e. The smallest absolute Gasteiger partial charge is 0.410 e. The lowest BCUT2D eigenvalue weighted by Crippen LogP contribution is -2.36. The summed E-state index contributed by atoms with van der Waals surface area (Å²) in [5.74, 6) is -0.161. The molecule has 1 fully saturated rings. The molecule has 0 saturated carbocycles. The topological polar surface area (TPSA) is 84.7 Å². The molecule has 2 heterocycles. The summed E-state index contributed by atoms with van der Waals surface area (Å²) in [4.78, 5) is 26.4. The molecule has 2 aliphatic rings. The maximum absolute atomic E-state index is 12.5. The molecule has 1 saturated heterocycles. The summed E-state index contributed by atoms with van der Waals surface area (Å²) in [6.45, 7) is 6.44. The summed E-state index contributed by atoms with van der Waals surface area (Å²) < 4.78 is 5.42. The van der Waals surface area contributed by atoms with Crippen LogP contribution >= 0.6 is 0 Å². The lowest BCUT2D eigenvalue weighted by molar-refractivity contribution is -0.120. The molecule has 0 bridgehead atoms. The molecule has 0 aliphatic carbocycles. The Hall–Kier alpha value is -2.24. The third-order valence-electron chi connectivity index (χ3n) is 4.30. The molecule has 0 radical (unpaired) electrons. The highest BCUT2D eigenvalue weighted by molar-refractivity contribution is 5.95. The van der Waals surface area contributed by atoms with Crippen LogP contribution in [-0.2, 0) is 16.0 Å². The Labute approximate surface area is 136 Å². The van der Waals surface area contributed by atoms with Crippen molar-refractivity contribution in [2.45, 2.75) is 32.8 Å². The van der Waals surface area contributed by atoms with E-state index < -0.39 is 5.60 Å². The monoisotopic (exact) mass is 317 g/mol. The number of nitrogen functional groups attached to an aromatic ring is 1. The highest BCUT2D eigenvalue weighted by Gasteiger charge is 2.42. The lowest BCUT2D eigenvalue weighted by atomic mass is 9.90. The van der Waals surface area contributed by atoms with Crippen molar-refractivity contribution in [2.24, 2.45) is 11.8 Å². The number of nitrogens with two attached hydrogens (primary N) is 1. The fourth-order valence-electron chi connectivity index (χ4n) is 3.26. The van der Waals surface area contributed by atoms with Crippen molar-refractivity contribution in [3.8, 4) is 0 Å². The lowest BCUT2D eigenvalue weighted by Gasteiger charge is -2.24. The molecular formula is C17H23N3O3. The number of benzene rings is 1. The number of nitrogens with one attached hydrogen (secondary N) is 1. The Morgan fingerprint density at radius 2 is 2.09 bits per heavy atom. The van der Waals surface area contributed by atoms with Gasteiger partial charge in [-0.3, -0.25) is 4.79 Å². The van der Waals surface area contributed by atoms with Gasteiger partial charge in [-0.1, -0.05) is 0 Å². The van der Waals surface area contributed by atoms with Gasteiger partial charge in [-0.15, -0.1) is 0 Å². The Morgan fingerprint density at radius 3 is 2.78 bits per heavy atom. The van der Waals surface area contributed by atoms with Crippen molar-refractivity contribution in [2.75, 3.05) is 24.1 Å². The van der Waals surface area contributed by atoms with Crippen LogP contribution in [0.3, 0.4) is 0 Å². The zero-order valence-corrected chi connectivity index (χ0v) is 13.8. The van der Waals surface area contributed by atoms with Gasteiger partial charge in [0.15, 0.2) is 0 Å². The zero-order valence-electron chi connectivity index (χ0n) is 13.8. The highest BCUT2D eigenvalue weighted by atomic mass is 16.6. The van der Waals surface area contributed by atoms with E-state index in [4.69, 9.17) is 10.5 Å². The summed E-state index contributed by atoms with van der Waals surface area (Å²) in [5.41, 5.74) is 7.84. The first-order valence-electron chi connectivity index (χ1n) is 7.90. The maximum Gasteiger partial charge on any atom is 0.410 e. The van der Waals surface area contributed by atoms with Gasteiger partial charge in [0.25, 0.3) is 0 Å². The molecule has 1 aromatic rings. The van der Waals surface area contributed by atoms with Crippen molar-refractivity contribution < 1.29 is 14.3 Å². The number of nitrogens with zero attached hydrogens (tertiary/aromatic N) is 1. The number of rotatable bonds is 0. The number of ether oxygens (including phenoxy) is 1. The van der Waals surface area contributed by atoms with Crippen molar-refractivity contribution in [1.82, 2.24) is 4.90 Å². The highest BCUT2D eigenvalue weighted by Crippen LogP contribution is 2.35. The Bertz CT molecular complexity index is 651. The number of carbonyl (C=O) groups excluding carboxylic acids is 2. The SMILES string of the molecule is CC(C)(C)OC(=O)N1CC2Cc3cc(N)ccc3NC(=O)C2C1. The van der Waals surface area contributed by atoms with Gasteiger partial charge in [-0.05, 0) is 56.9 Å². The minimum atomic E-state index is -0.537. The predicted molar refractivity (Wildman–Crippen MR) is 88.0 cm³/mol. The van der Waals surface area contributed by atoms with E-state index in [0.29, 0.717) is 18.8 Å². The van der Waals surface area contributed by atoms with E-state index in [-0.39, 0.29) is 23.8 Å². The van der Waals surface area contributed by atoms with Crippen molar-refractivity contribution in [3.63, 3.8) is 0 Å². The normalized spacial score (nSPS) is 23.6. The summed E-state index contributed by atoms with van der Waals surface area (Å²) in [6.07, 6.45) is 0.370. The third kappa shape index (κ3) is 3.25. The van der Waals surface area contributed by atoms with Crippen LogP contribution in [0.2, 0.25) is 0 Å². The number of anilines is 2. The van der Waals surface area contributed by atoms with E-state index in [0.717, 1.165) is 17.7 Å². The van der Waals surface area contributed by atoms with Crippen LogP contribution in [0.15, 0.2) is 18.2 Å². The van der Waals surface area contributed by atoms with E-state index in [2.05, 4.69) is 5.32 Å². The largest absolute Gasteiger partial charge is 0.444 e. The first kappa shape index (κ1) is 15.6. The zero-order chi connectivity index (χ0) is 16.8. The van der Waals surface area contributed by atoms with Crippen molar-refractivity contribution in [3.05, 3.63) is 23.8 Å². The van der Waals surface area contributed by atoms with Gasteiger partial charge in [0.1, 0.15) is 5.60 Å². The molecule has 2 unspecified atom stereocenters. The number of amides is 2. The molecule has 0 spiro atoms. The molecule has 2 aliphatic heterocycles. The third-order valence-corrected chi connectivity index (χ3v) is 4.30. The van der Waals surface area contributed by atoms with E-state index in [1.807, 2.05) is 32.9 Å². The van der Waals surface area contributed by atoms with Crippen LogP contribution in [0.5, 0.6) is 0 Å².